The van der Waals surface area contributed by atoms with Crippen molar-refractivity contribution in [1.29, 1.82) is 10.5 Å². The summed E-state index contributed by atoms with van der Waals surface area (Å²) in [5, 5.41) is 38.2. The fraction of sp³-hybridized carbons (Fsp3) is 0. The number of nitriles is 2. The highest BCUT2D eigenvalue weighted by atomic mass is 32.1. The number of hydrogen-bond donors (Lipinski definition) is 0. The van der Waals surface area contributed by atoms with Gasteiger partial charge in [0.2, 0.25) is 0 Å². The topological polar surface area (TPSA) is 57.4 Å². The molecule has 0 atom stereocenters. The molecule has 0 aliphatic carbocycles. The summed E-state index contributed by atoms with van der Waals surface area (Å²) in [6, 6.07) is 78.8. The van der Waals surface area contributed by atoms with Crippen molar-refractivity contribution in [3.05, 3.63) is 217 Å². The van der Waals surface area contributed by atoms with Crippen LogP contribution in [0.25, 0.3) is 139 Å². The van der Waals surface area contributed by atoms with Crippen LogP contribution >= 0.6 is 22.7 Å². The molecule has 15 rings (SSSR count). The van der Waals surface area contributed by atoms with Crippen LogP contribution in [0.1, 0.15) is 11.1 Å². The monoisotopic (exact) mass is 922 g/mol. The standard InChI is InChI=1S/C64H34N4S2/c65-35-51-57(45-25-13-17-37-15-1-3-19-39(37)45)59(67-53-27-9-5-21-41(53)47-31-33-49-43-23-7-11-29-55(43)69-63(49)61(47)67)52(36-66)60(58(51)46-26-14-18-38-16-2-4-20-40(38)46)68-54-28-10-6-22-42(54)48-32-34-50-44-24-8-12-30-56(44)70-64(50)62(48)68/h1-34H. The minimum Gasteiger partial charge on any atom is -0.306 e. The lowest BCUT2D eigenvalue weighted by Gasteiger charge is -2.26. The number of aromatic nitrogens is 2. The second kappa shape index (κ2) is 14.7. The normalized spacial score (nSPS) is 12.0. The molecule has 15 aromatic rings. The van der Waals surface area contributed by atoms with Gasteiger partial charge < -0.3 is 9.13 Å². The van der Waals surface area contributed by atoms with E-state index in [2.05, 4.69) is 228 Å². The van der Waals surface area contributed by atoms with Crippen LogP contribution in [0.4, 0.5) is 0 Å². The second-order valence-corrected chi connectivity index (χ2v) is 20.2. The predicted molar refractivity (Wildman–Crippen MR) is 296 cm³/mol. The number of fused-ring (bicyclic) bond motifs is 16. The fourth-order valence-corrected chi connectivity index (χ4v) is 14.2. The number of benzene rings is 11. The zero-order chi connectivity index (χ0) is 46.2. The molecule has 0 bridgehead atoms. The quantitative estimate of drug-likeness (QED) is 0.177. The van der Waals surface area contributed by atoms with Gasteiger partial charge in [-0.3, -0.25) is 0 Å². The number of para-hydroxylation sites is 2. The number of rotatable bonds is 4. The van der Waals surface area contributed by atoms with Crippen molar-refractivity contribution in [3.63, 3.8) is 0 Å². The van der Waals surface area contributed by atoms with Crippen molar-refractivity contribution in [2.75, 3.05) is 0 Å². The highest BCUT2D eigenvalue weighted by Gasteiger charge is 2.33. The van der Waals surface area contributed by atoms with Crippen LogP contribution < -0.4 is 0 Å². The van der Waals surface area contributed by atoms with Crippen LogP contribution in [0.3, 0.4) is 0 Å². The van der Waals surface area contributed by atoms with Crippen molar-refractivity contribution >= 4 is 128 Å². The van der Waals surface area contributed by atoms with E-state index in [0.717, 1.165) is 108 Å². The minimum atomic E-state index is 0.478. The molecule has 0 N–H and O–H groups in total. The van der Waals surface area contributed by atoms with Gasteiger partial charge in [0.25, 0.3) is 0 Å². The Hall–Kier alpha value is -9.04. The van der Waals surface area contributed by atoms with Crippen molar-refractivity contribution in [3.8, 4) is 45.8 Å². The van der Waals surface area contributed by atoms with Crippen LogP contribution in [0.5, 0.6) is 0 Å². The molecule has 322 valence electrons. The van der Waals surface area contributed by atoms with E-state index in [1.807, 2.05) is 0 Å². The third-order valence-corrected chi connectivity index (χ3v) is 17.0. The van der Waals surface area contributed by atoms with E-state index >= 15 is 0 Å². The zero-order valence-corrected chi connectivity index (χ0v) is 38.9. The van der Waals surface area contributed by atoms with E-state index in [4.69, 9.17) is 0 Å². The number of hydrogen-bond acceptors (Lipinski definition) is 4. The van der Waals surface area contributed by atoms with Crippen LogP contribution in [0.15, 0.2) is 206 Å². The van der Waals surface area contributed by atoms with Crippen molar-refractivity contribution in [1.82, 2.24) is 9.13 Å². The molecule has 0 saturated carbocycles. The largest absolute Gasteiger partial charge is 0.306 e. The Labute approximate surface area is 408 Å². The second-order valence-electron chi connectivity index (χ2n) is 18.1. The van der Waals surface area contributed by atoms with E-state index in [-0.39, 0.29) is 0 Å². The van der Waals surface area contributed by atoms with Gasteiger partial charge in [-0.1, -0.05) is 182 Å². The zero-order valence-electron chi connectivity index (χ0n) is 37.2. The first-order valence-corrected chi connectivity index (χ1v) is 25.0. The molecule has 0 unspecified atom stereocenters. The van der Waals surface area contributed by atoms with Gasteiger partial charge in [0.1, 0.15) is 17.7 Å². The van der Waals surface area contributed by atoms with Crippen LogP contribution in [-0.2, 0) is 0 Å². The Morgan fingerprint density at radius 1 is 0.314 bits per heavy atom. The molecule has 4 aromatic heterocycles. The molecular formula is C64H34N4S2. The maximum atomic E-state index is 12.6. The average Bonchev–Trinajstić information content (AvgIpc) is 4.18. The molecule has 11 aromatic carbocycles. The van der Waals surface area contributed by atoms with E-state index in [1.165, 1.54) is 20.2 Å². The first-order chi connectivity index (χ1) is 34.7. The molecule has 0 aliphatic heterocycles. The summed E-state index contributed by atoms with van der Waals surface area (Å²) in [6.07, 6.45) is 0. The molecule has 4 nitrogen and oxygen atoms in total. The summed E-state index contributed by atoms with van der Waals surface area (Å²) < 4.78 is 9.34. The SMILES string of the molecule is N#Cc1c(-c2cccc3ccccc23)c(-n2c3ccccc3c3ccc4c5ccccc5sc4c32)c(C#N)c(-n2c3ccccc3c3ccc4c5ccccc5sc4c32)c1-c1cccc2ccccc12. The summed E-state index contributed by atoms with van der Waals surface area (Å²) in [5.41, 5.74) is 9.50. The number of nitrogens with zero attached hydrogens (tertiary/aromatic N) is 4. The highest BCUT2D eigenvalue weighted by molar-refractivity contribution is 7.27. The van der Waals surface area contributed by atoms with Gasteiger partial charge >= 0.3 is 0 Å². The van der Waals surface area contributed by atoms with E-state index in [1.54, 1.807) is 22.7 Å². The third-order valence-electron chi connectivity index (χ3n) is 14.6. The minimum absolute atomic E-state index is 0.478. The third kappa shape index (κ3) is 5.21. The van der Waals surface area contributed by atoms with Crippen molar-refractivity contribution in [2.24, 2.45) is 0 Å². The van der Waals surface area contributed by atoms with Crippen LogP contribution in [0, 0.1) is 22.7 Å². The smallest absolute Gasteiger partial charge is 0.104 e. The van der Waals surface area contributed by atoms with Gasteiger partial charge in [-0.05, 0) is 56.9 Å². The lowest BCUT2D eigenvalue weighted by atomic mass is 9.83. The van der Waals surface area contributed by atoms with Gasteiger partial charge in [0.05, 0.1) is 48.4 Å². The Kier molecular flexibility index (Phi) is 8.21. The van der Waals surface area contributed by atoms with Crippen LogP contribution in [0.2, 0.25) is 0 Å². The van der Waals surface area contributed by atoms with E-state index in [9.17, 15) is 10.5 Å². The highest BCUT2D eigenvalue weighted by Crippen LogP contribution is 2.53. The summed E-state index contributed by atoms with van der Waals surface area (Å²) in [7, 11) is 0. The molecular weight excluding hydrogens is 889 g/mol. The number of thiophene rings is 2. The van der Waals surface area contributed by atoms with E-state index in [0.29, 0.717) is 22.5 Å². The molecule has 0 aliphatic rings. The van der Waals surface area contributed by atoms with Crippen molar-refractivity contribution in [2.45, 2.75) is 0 Å². The summed E-state index contributed by atoms with van der Waals surface area (Å²) >= 11 is 3.56. The van der Waals surface area contributed by atoms with Crippen LogP contribution in [-0.4, -0.2) is 9.13 Å². The van der Waals surface area contributed by atoms with Gasteiger partial charge in [-0.25, -0.2) is 0 Å². The molecule has 0 saturated heterocycles. The molecule has 0 amide bonds. The average molecular weight is 923 g/mol. The van der Waals surface area contributed by atoms with Gasteiger partial charge in [-0.15, -0.1) is 22.7 Å². The fourth-order valence-electron chi connectivity index (χ4n) is 11.7. The summed E-state index contributed by atoms with van der Waals surface area (Å²) in [6.45, 7) is 0. The lowest BCUT2D eigenvalue weighted by molar-refractivity contribution is 1.12. The summed E-state index contributed by atoms with van der Waals surface area (Å²) in [5.74, 6) is 0. The Morgan fingerprint density at radius 2 is 0.686 bits per heavy atom. The predicted octanol–water partition coefficient (Wildman–Crippen LogP) is 18.0. The Balaban J connectivity index is 1.27. The van der Waals surface area contributed by atoms with Gasteiger partial charge in [-0.2, -0.15) is 10.5 Å². The first kappa shape index (κ1) is 39.0. The van der Waals surface area contributed by atoms with Crippen molar-refractivity contribution < 1.29 is 0 Å². The maximum absolute atomic E-state index is 12.6. The van der Waals surface area contributed by atoms with Gasteiger partial charge in [0.15, 0.2) is 0 Å². The molecule has 4 heterocycles. The molecule has 0 radical (unpaired) electrons. The first-order valence-electron chi connectivity index (χ1n) is 23.4. The van der Waals surface area contributed by atoms with E-state index < -0.39 is 0 Å². The lowest BCUT2D eigenvalue weighted by Crippen LogP contribution is -2.11. The molecule has 6 heteroatoms. The molecule has 0 spiro atoms. The maximum Gasteiger partial charge on any atom is 0.104 e. The Morgan fingerprint density at radius 3 is 1.14 bits per heavy atom. The molecule has 0 fully saturated rings. The van der Waals surface area contributed by atoms with Gasteiger partial charge in [0, 0.05) is 63.6 Å². The Bertz CT molecular complexity index is 4570. The summed E-state index contributed by atoms with van der Waals surface area (Å²) in [4.78, 5) is 0. The molecule has 70 heavy (non-hydrogen) atoms.